The van der Waals surface area contributed by atoms with E-state index in [9.17, 15) is 14.4 Å². The minimum Gasteiger partial charge on any atom is -0.298 e. The number of thiazole rings is 1. The zero-order valence-electron chi connectivity index (χ0n) is 13.4. The molecule has 0 unspecified atom stereocenters. The number of aryl methyl sites for hydroxylation is 1. The van der Waals surface area contributed by atoms with Crippen molar-refractivity contribution in [3.05, 3.63) is 57.4 Å². The Kier molecular flexibility index (Phi) is 8.70. The second-order valence-corrected chi connectivity index (χ2v) is 5.53. The van der Waals surface area contributed by atoms with Crippen LogP contribution in [0.4, 0.5) is 0 Å². The van der Waals surface area contributed by atoms with Gasteiger partial charge in [-0.3, -0.25) is 29.3 Å². The third kappa shape index (κ3) is 6.97. The summed E-state index contributed by atoms with van der Waals surface area (Å²) in [6.45, 7) is 3.72. The normalized spacial score (nSPS) is 11.8. The Balaban J connectivity index is 0.000000181. The molecule has 0 spiro atoms. The van der Waals surface area contributed by atoms with Gasteiger partial charge in [0.15, 0.2) is 12.6 Å². The highest BCUT2D eigenvalue weighted by atomic mass is 32.1. The fraction of sp³-hybridized carbons (Fsp3) is 0.176. The van der Waals surface area contributed by atoms with Crippen LogP contribution in [0.1, 0.15) is 39.1 Å². The fourth-order valence-electron chi connectivity index (χ4n) is 1.48. The lowest BCUT2D eigenvalue weighted by molar-refractivity contribution is -0.105. The number of carbonyl (C=O) groups excluding carboxylic acids is 3. The van der Waals surface area contributed by atoms with Gasteiger partial charge in [0.2, 0.25) is 0 Å². The summed E-state index contributed by atoms with van der Waals surface area (Å²) in [5.74, 6) is 0. The average molecular weight is 343 g/mol. The van der Waals surface area contributed by atoms with Gasteiger partial charge in [0.05, 0.1) is 10.4 Å². The van der Waals surface area contributed by atoms with Crippen molar-refractivity contribution >= 4 is 36.4 Å². The van der Waals surface area contributed by atoms with Crippen LogP contribution in [0.25, 0.3) is 0 Å². The smallest absolute Gasteiger partial charge is 0.161 e. The molecule has 6 nitrogen and oxygen atoms in total. The van der Waals surface area contributed by atoms with Gasteiger partial charge in [0.25, 0.3) is 0 Å². The predicted octanol–water partition coefficient (Wildman–Crippen LogP) is 3.09. The van der Waals surface area contributed by atoms with Crippen molar-refractivity contribution in [1.29, 1.82) is 0 Å². The molecule has 2 aromatic heterocycles. The standard InChI is InChI=1S/C7H7NO.C6H7NO.C4H3NOS/c1-6-2-3-7(5-9)4-8-6;1-5-6(4-8)2-3-7-5;6-2-4-1-5-3-7-4/h2-5H,1H3;3-4H,2H2,1H3;1-3H. The lowest BCUT2D eigenvalue weighted by Crippen LogP contribution is -1.82. The van der Waals surface area contributed by atoms with Crippen LogP contribution in [0.3, 0.4) is 0 Å². The van der Waals surface area contributed by atoms with E-state index in [4.69, 9.17) is 0 Å². The first-order chi connectivity index (χ1) is 11.6. The zero-order chi connectivity index (χ0) is 17.8. The maximum Gasteiger partial charge on any atom is 0.161 e. The molecule has 0 saturated carbocycles. The third-order valence-corrected chi connectivity index (χ3v) is 3.54. The van der Waals surface area contributed by atoms with Crippen molar-refractivity contribution in [2.75, 3.05) is 0 Å². The molecular weight excluding hydrogens is 326 g/mol. The number of pyridine rings is 1. The van der Waals surface area contributed by atoms with Gasteiger partial charge >= 0.3 is 0 Å². The van der Waals surface area contributed by atoms with Gasteiger partial charge in [0, 0.05) is 47.6 Å². The Morgan fingerprint density at radius 1 is 1.04 bits per heavy atom. The summed E-state index contributed by atoms with van der Waals surface area (Å²) in [4.78, 5) is 42.2. The first kappa shape index (κ1) is 19.2. The first-order valence-electron chi connectivity index (χ1n) is 6.99. The Morgan fingerprint density at radius 3 is 2.17 bits per heavy atom. The Morgan fingerprint density at radius 2 is 1.83 bits per heavy atom. The zero-order valence-corrected chi connectivity index (χ0v) is 14.2. The number of rotatable bonds is 3. The van der Waals surface area contributed by atoms with E-state index in [1.54, 1.807) is 24.0 Å². The molecule has 7 heteroatoms. The van der Waals surface area contributed by atoms with Crippen molar-refractivity contribution in [2.45, 2.75) is 20.3 Å². The lowest BCUT2D eigenvalue weighted by Gasteiger charge is -1.88. The van der Waals surface area contributed by atoms with E-state index in [1.165, 1.54) is 17.5 Å². The largest absolute Gasteiger partial charge is 0.298 e. The van der Waals surface area contributed by atoms with E-state index in [0.29, 0.717) is 10.4 Å². The molecule has 3 rings (SSSR count). The molecule has 0 fully saturated rings. The number of carbonyl (C=O) groups is 3. The molecule has 0 atom stereocenters. The predicted molar refractivity (Wildman–Crippen MR) is 93.7 cm³/mol. The van der Waals surface area contributed by atoms with Crippen LogP contribution < -0.4 is 0 Å². The summed E-state index contributed by atoms with van der Waals surface area (Å²) < 4.78 is 0. The molecule has 3 heterocycles. The molecule has 0 amide bonds. The highest BCUT2D eigenvalue weighted by Crippen LogP contribution is 2.11. The second-order valence-electron chi connectivity index (χ2n) is 4.62. The van der Waals surface area contributed by atoms with Gasteiger partial charge in [-0.15, -0.1) is 11.3 Å². The highest BCUT2D eigenvalue weighted by Gasteiger charge is 2.02. The summed E-state index contributed by atoms with van der Waals surface area (Å²) in [6, 6.07) is 3.55. The van der Waals surface area contributed by atoms with Gasteiger partial charge in [-0.1, -0.05) is 0 Å². The number of hydrogen-bond donors (Lipinski definition) is 0. The van der Waals surface area contributed by atoms with Crippen LogP contribution in [0.15, 0.2) is 46.3 Å². The summed E-state index contributed by atoms with van der Waals surface area (Å²) in [6.07, 6.45) is 8.00. The number of aliphatic imine (C=N–C) groups is 1. The van der Waals surface area contributed by atoms with E-state index in [2.05, 4.69) is 15.0 Å². The molecule has 2 aromatic rings. The molecular formula is C17H17N3O3S. The number of aromatic nitrogens is 2. The number of allylic oxidation sites excluding steroid dienone is 2. The summed E-state index contributed by atoms with van der Waals surface area (Å²) in [7, 11) is 0. The molecule has 0 bridgehead atoms. The minimum atomic E-state index is 0.626. The van der Waals surface area contributed by atoms with Crippen molar-refractivity contribution in [1.82, 2.24) is 9.97 Å². The summed E-state index contributed by atoms with van der Waals surface area (Å²) in [5.41, 5.74) is 4.86. The number of hydrogen-bond acceptors (Lipinski definition) is 7. The quantitative estimate of drug-likeness (QED) is 0.799. The molecule has 24 heavy (non-hydrogen) atoms. The number of nitrogens with zero attached hydrogens (tertiary/aromatic N) is 3. The topological polar surface area (TPSA) is 89.4 Å². The number of aldehydes is 3. The SMILES string of the molecule is CC1=C(C=O)CC=N1.Cc1ccc(C=O)cn1.O=Cc1cncs1. The van der Waals surface area contributed by atoms with Crippen LogP contribution in [-0.4, -0.2) is 35.0 Å². The van der Waals surface area contributed by atoms with Gasteiger partial charge < -0.3 is 0 Å². The highest BCUT2D eigenvalue weighted by molar-refractivity contribution is 7.11. The van der Waals surface area contributed by atoms with E-state index >= 15 is 0 Å². The van der Waals surface area contributed by atoms with E-state index < -0.39 is 0 Å². The monoisotopic (exact) mass is 343 g/mol. The Bertz CT molecular complexity index is 720. The van der Waals surface area contributed by atoms with Crippen LogP contribution in [0, 0.1) is 6.92 Å². The molecule has 0 N–H and O–H groups in total. The van der Waals surface area contributed by atoms with Crippen molar-refractivity contribution in [2.24, 2.45) is 4.99 Å². The van der Waals surface area contributed by atoms with Crippen molar-refractivity contribution in [3.63, 3.8) is 0 Å². The van der Waals surface area contributed by atoms with E-state index in [1.807, 2.05) is 19.9 Å². The van der Waals surface area contributed by atoms with Gasteiger partial charge in [-0.25, -0.2) is 0 Å². The van der Waals surface area contributed by atoms with Crippen molar-refractivity contribution < 1.29 is 14.4 Å². The van der Waals surface area contributed by atoms with Crippen molar-refractivity contribution in [3.8, 4) is 0 Å². The van der Waals surface area contributed by atoms with Crippen LogP contribution >= 0.6 is 11.3 Å². The van der Waals surface area contributed by atoms with E-state index in [-0.39, 0.29) is 0 Å². The summed E-state index contributed by atoms with van der Waals surface area (Å²) >= 11 is 1.34. The van der Waals surface area contributed by atoms with Gasteiger partial charge in [-0.2, -0.15) is 0 Å². The van der Waals surface area contributed by atoms with Gasteiger partial charge in [0.1, 0.15) is 6.29 Å². The summed E-state index contributed by atoms with van der Waals surface area (Å²) in [5, 5.41) is 0. The fourth-order valence-corrected chi connectivity index (χ4v) is 1.90. The maximum atomic E-state index is 10.1. The average Bonchev–Trinajstić information content (AvgIpc) is 3.28. The Hall–Kier alpha value is -2.80. The minimum absolute atomic E-state index is 0.626. The lowest BCUT2D eigenvalue weighted by atomic mass is 10.2. The molecule has 124 valence electrons. The second kappa shape index (κ2) is 10.8. The maximum absolute atomic E-state index is 10.1. The molecule has 0 aromatic carbocycles. The molecule has 0 aliphatic carbocycles. The first-order valence-corrected chi connectivity index (χ1v) is 7.87. The third-order valence-electron chi connectivity index (χ3n) is 2.84. The van der Waals surface area contributed by atoms with Crippen LogP contribution in [0.2, 0.25) is 0 Å². The molecule has 0 saturated heterocycles. The molecule has 1 aliphatic rings. The molecule has 1 aliphatic heterocycles. The van der Waals surface area contributed by atoms with Gasteiger partial charge in [-0.05, 0) is 26.0 Å². The Labute approximate surface area is 144 Å². The molecule has 0 radical (unpaired) electrons. The van der Waals surface area contributed by atoms with E-state index in [0.717, 1.165) is 42.2 Å². The van der Waals surface area contributed by atoms with Crippen LogP contribution in [0.5, 0.6) is 0 Å². The van der Waals surface area contributed by atoms with Crippen LogP contribution in [-0.2, 0) is 4.79 Å².